The second-order valence-corrected chi connectivity index (χ2v) is 8.03. The van der Waals surface area contributed by atoms with Crippen LogP contribution in [0.3, 0.4) is 0 Å². The predicted octanol–water partition coefficient (Wildman–Crippen LogP) is 5.00. The highest BCUT2D eigenvalue weighted by molar-refractivity contribution is 6.15. The Hall–Kier alpha value is -4.26. The van der Waals surface area contributed by atoms with Crippen LogP contribution in [0.5, 0.6) is 0 Å². The lowest BCUT2D eigenvalue weighted by Crippen LogP contribution is -2.30. The normalized spacial score (nSPS) is 14.4. The van der Waals surface area contributed by atoms with E-state index in [1.54, 1.807) is 0 Å². The Morgan fingerprint density at radius 1 is 0.941 bits per heavy atom. The molecule has 1 amide bonds. The van der Waals surface area contributed by atoms with Crippen LogP contribution in [-0.4, -0.2) is 26.6 Å². The second-order valence-electron chi connectivity index (χ2n) is 8.03. The molecule has 1 aliphatic rings. The van der Waals surface area contributed by atoms with Gasteiger partial charge in [0, 0.05) is 17.5 Å². The SMILES string of the molecule is CCCc1nnc2n1-c1ccccc1C(c1ccccc1)=NC2NC(=O)OCc1ccccc1. The van der Waals surface area contributed by atoms with Gasteiger partial charge in [-0.1, -0.05) is 85.8 Å². The molecule has 1 unspecified atom stereocenters. The van der Waals surface area contributed by atoms with Crippen molar-refractivity contribution in [3.8, 4) is 5.69 Å². The van der Waals surface area contributed by atoms with Crippen LogP contribution in [0.15, 0.2) is 89.9 Å². The number of alkyl carbamates (subject to hydrolysis) is 1. The number of benzene rings is 3. The van der Waals surface area contributed by atoms with Crippen LogP contribution >= 0.6 is 0 Å². The van der Waals surface area contributed by atoms with Crippen molar-refractivity contribution in [2.75, 3.05) is 0 Å². The maximum absolute atomic E-state index is 12.8. The number of hydrogen-bond acceptors (Lipinski definition) is 5. The van der Waals surface area contributed by atoms with E-state index in [9.17, 15) is 4.79 Å². The van der Waals surface area contributed by atoms with Gasteiger partial charge in [-0.05, 0) is 18.1 Å². The number of aliphatic imine (C=N–C) groups is 1. The molecular weight excluding hydrogens is 426 g/mol. The fraction of sp³-hybridized carbons (Fsp3) is 0.185. The highest BCUT2D eigenvalue weighted by Crippen LogP contribution is 2.30. The van der Waals surface area contributed by atoms with Crippen molar-refractivity contribution in [1.29, 1.82) is 0 Å². The molecule has 0 bridgehead atoms. The molecule has 0 saturated heterocycles. The average molecular weight is 452 g/mol. The Balaban J connectivity index is 1.55. The molecule has 7 heteroatoms. The second kappa shape index (κ2) is 9.70. The number of para-hydroxylation sites is 1. The Kier molecular flexibility index (Phi) is 6.16. The van der Waals surface area contributed by atoms with E-state index < -0.39 is 12.3 Å². The first-order valence-corrected chi connectivity index (χ1v) is 11.4. The summed E-state index contributed by atoms with van der Waals surface area (Å²) in [5.41, 5.74) is 4.53. The molecule has 1 atom stereocenters. The van der Waals surface area contributed by atoms with Crippen molar-refractivity contribution in [2.45, 2.75) is 32.5 Å². The maximum Gasteiger partial charge on any atom is 0.409 e. The van der Waals surface area contributed by atoms with Crippen LogP contribution in [0.1, 0.15) is 47.8 Å². The molecule has 1 N–H and O–H groups in total. The monoisotopic (exact) mass is 451 g/mol. The molecule has 170 valence electrons. The average Bonchev–Trinajstić information content (AvgIpc) is 3.24. The lowest BCUT2D eigenvalue weighted by atomic mass is 10.0. The minimum Gasteiger partial charge on any atom is -0.445 e. The van der Waals surface area contributed by atoms with E-state index in [0.717, 1.165) is 46.8 Å². The minimum atomic E-state index is -0.760. The van der Waals surface area contributed by atoms with E-state index in [4.69, 9.17) is 9.73 Å². The molecule has 7 nitrogen and oxygen atoms in total. The minimum absolute atomic E-state index is 0.169. The first-order valence-electron chi connectivity index (χ1n) is 11.4. The van der Waals surface area contributed by atoms with E-state index in [-0.39, 0.29) is 6.61 Å². The Labute approximate surface area is 198 Å². The summed E-state index contributed by atoms with van der Waals surface area (Å²) in [4.78, 5) is 17.8. The summed E-state index contributed by atoms with van der Waals surface area (Å²) in [6, 6.07) is 27.6. The van der Waals surface area contributed by atoms with Gasteiger partial charge in [0.15, 0.2) is 12.0 Å². The number of ether oxygens (including phenoxy) is 1. The molecular formula is C27H25N5O2. The molecule has 34 heavy (non-hydrogen) atoms. The van der Waals surface area contributed by atoms with Gasteiger partial charge in [0.25, 0.3) is 0 Å². The van der Waals surface area contributed by atoms with Crippen molar-refractivity contribution in [3.05, 3.63) is 113 Å². The van der Waals surface area contributed by atoms with Crippen LogP contribution < -0.4 is 5.32 Å². The van der Waals surface area contributed by atoms with Gasteiger partial charge >= 0.3 is 6.09 Å². The quantitative estimate of drug-likeness (QED) is 0.448. The van der Waals surface area contributed by atoms with Gasteiger partial charge in [-0.15, -0.1) is 10.2 Å². The summed E-state index contributed by atoms with van der Waals surface area (Å²) in [6.45, 7) is 2.27. The van der Waals surface area contributed by atoms with Crippen molar-refractivity contribution < 1.29 is 9.53 Å². The molecule has 5 rings (SSSR count). The molecule has 2 heterocycles. The molecule has 3 aromatic carbocycles. The van der Waals surface area contributed by atoms with Gasteiger partial charge in [-0.3, -0.25) is 14.9 Å². The number of aryl methyl sites for hydroxylation is 1. The predicted molar refractivity (Wildman–Crippen MR) is 130 cm³/mol. The largest absolute Gasteiger partial charge is 0.445 e. The molecule has 1 aliphatic heterocycles. The number of hydrogen-bond donors (Lipinski definition) is 1. The Morgan fingerprint density at radius 2 is 1.65 bits per heavy atom. The fourth-order valence-corrected chi connectivity index (χ4v) is 4.08. The van der Waals surface area contributed by atoms with E-state index in [1.165, 1.54) is 0 Å². The van der Waals surface area contributed by atoms with Crippen LogP contribution in [0, 0.1) is 0 Å². The summed E-state index contributed by atoms with van der Waals surface area (Å²) in [6.07, 6.45) is 0.350. The number of carbonyl (C=O) groups excluding carboxylic acids is 1. The van der Waals surface area contributed by atoms with Crippen molar-refractivity contribution in [2.24, 2.45) is 4.99 Å². The number of nitrogens with zero attached hydrogens (tertiary/aromatic N) is 4. The maximum atomic E-state index is 12.8. The molecule has 0 aliphatic carbocycles. The fourth-order valence-electron chi connectivity index (χ4n) is 4.08. The third-order valence-electron chi connectivity index (χ3n) is 5.65. The molecule has 4 aromatic rings. The number of aromatic nitrogens is 3. The lowest BCUT2D eigenvalue weighted by molar-refractivity contribution is 0.135. The summed E-state index contributed by atoms with van der Waals surface area (Å²) in [5, 5.41) is 11.8. The topological polar surface area (TPSA) is 81.4 Å². The summed E-state index contributed by atoms with van der Waals surface area (Å²) in [7, 11) is 0. The van der Waals surface area contributed by atoms with Gasteiger partial charge < -0.3 is 4.74 Å². The Bertz CT molecular complexity index is 1320. The molecule has 0 fully saturated rings. The molecule has 0 saturated carbocycles. The highest BCUT2D eigenvalue weighted by atomic mass is 16.5. The van der Waals surface area contributed by atoms with Crippen molar-refractivity contribution in [1.82, 2.24) is 20.1 Å². The van der Waals surface area contributed by atoms with Crippen LogP contribution in [0.25, 0.3) is 5.69 Å². The lowest BCUT2D eigenvalue weighted by Gasteiger charge is -2.15. The highest BCUT2D eigenvalue weighted by Gasteiger charge is 2.30. The smallest absolute Gasteiger partial charge is 0.409 e. The van der Waals surface area contributed by atoms with Gasteiger partial charge in [0.1, 0.15) is 12.4 Å². The first-order chi connectivity index (χ1) is 16.7. The van der Waals surface area contributed by atoms with Crippen LogP contribution in [0.2, 0.25) is 0 Å². The summed E-state index contributed by atoms with van der Waals surface area (Å²) in [5.74, 6) is 1.39. The van der Waals surface area contributed by atoms with E-state index in [0.29, 0.717) is 5.82 Å². The zero-order valence-electron chi connectivity index (χ0n) is 18.9. The van der Waals surface area contributed by atoms with E-state index >= 15 is 0 Å². The van der Waals surface area contributed by atoms with Gasteiger partial charge in [-0.25, -0.2) is 4.79 Å². The van der Waals surface area contributed by atoms with Gasteiger partial charge in [-0.2, -0.15) is 0 Å². The number of fused-ring (bicyclic) bond motifs is 3. The number of nitrogens with one attached hydrogen (secondary N) is 1. The number of rotatable bonds is 6. The molecule has 0 spiro atoms. The summed E-state index contributed by atoms with van der Waals surface area (Å²) < 4.78 is 7.50. The first kappa shape index (κ1) is 21.6. The van der Waals surface area contributed by atoms with Crippen LogP contribution in [0.4, 0.5) is 4.79 Å². The van der Waals surface area contributed by atoms with E-state index in [1.807, 2.05) is 89.5 Å². The third-order valence-corrected chi connectivity index (χ3v) is 5.65. The van der Waals surface area contributed by atoms with Gasteiger partial charge in [0.05, 0.1) is 11.4 Å². The Morgan fingerprint density at radius 3 is 2.41 bits per heavy atom. The zero-order chi connectivity index (χ0) is 23.3. The third kappa shape index (κ3) is 4.32. The van der Waals surface area contributed by atoms with E-state index in [2.05, 4.69) is 22.4 Å². The van der Waals surface area contributed by atoms with Crippen LogP contribution in [-0.2, 0) is 17.8 Å². The number of amides is 1. The van der Waals surface area contributed by atoms with Gasteiger partial charge in [0.2, 0.25) is 0 Å². The zero-order valence-corrected chi connectivity index (χ0v) is 18.9. The summed E-state index contributed by atoms with van der Waals surface area (Å²) >= 11 is 0. The molecule has 1 aromatic heterocycles. The van der Waals surface area contributed by atoms with Crippen molar-refractivity contribution in [3.63, 3.8) is 0 Å². The number of carbonyl (C=O) groups is 1. The molecule has 0 radical (unpaired) electrons. The standard InChI is InChI=1S/C27H25N5O2/c1-2-11-23-30-31-26-25(29-27(33)34-18-19-12-5-3-6-13-19)28-24(20-14-7-4-8-15-20)21-16-9-10-17-22(21)32(23)26/h3-10,12-17,25H,2,11,18H2,1H3,(H,29,33). The van der Waals surface area contributed by atoms with Crippen molar-refractivity contribution >= 4 is 11.8 Å².